The number of amides is 1. The number of ketones is 1. The maximum Gasteiger partial charge on any atom is 0.250 e. The number of carbonyl (C=O) groups excluding carboxylic acids is 2. The van der Waals surface area contributed by atoms with Crippen LogP contribution >= 0.6 is 0 Å². The van der Waals surface area contributed by atoms with Crippen molar-refractivity contribution in [2.75, 3.05) is 13.2 Å². The van der Waals surface area contributed by atoms with E-state index in [1.807, 2.05) is 0 Å². The Morgan fingerprint density at radius 1 is 1.04 bits per heavy atom. The zero-order valence-electron chi connectivity index (χ0n) is 15.2. The van der Waals surface area contributed by atoms with Crippen molar-refractivity contribution in [2.45, 2.75) is 25.7 Å². The molecule has 0 aliphatic carbocycles. The first-order valence-corrected chi connectivity index (χ1v) is 8.54. The van der Waals surface area contributed by atoms with Crippen LogP contribution in [0, 0.1) is 17.5 Å². The van der Waals surface area contributed by atoms with Crippen LogP contribution in [-0.2, 0) is 4.79 Å². The molecule has 1 amide bonds. The lowest BCUT2D eigenvalue weighted by Crippen LogP contribution is -2.13. The molecule has 0 saturated carbocycles. The predicted molar refractivity (Wildman–Crippen MR) is 97.1 cm³/mol. The van der Waals surface area contributed by atoms with E-state index in [0.29, 0.717) is 24.6 Å². The third kappa shape index (κ3) is 8.17. The SMILES string of the molecule is NC(=O)c1cccnc1.NCCCCCC(=O)COc1c(F)ccc(F)c1F. The molecule has 0 unspecified atom stereocenters. The third-order valence-electron chi connectivity index (χ3n) is 3.49. The number of Topliss-reactive ketones (excluding diaryl/α,β-unsaturated/α-hetero) is 1. The molecule has 28 heavy (non-hydrogen) atoms. The second kappa shape index (κ2) is 12.4. The molecule has 0 saturated heterocycles. The molecular formula is C19H22F3N3O3. The molecule has 6 nitrogen and oxygen atoms in total. The predicted octanol–water partition coefficient (Wildman–Crippen LogP) is 2.75. The first-order chi connectivity index (χ1) is 13.4. The minimum atomic E-state index is -1.42. The Morgan fingerprint density at radius 2 is 1.75 bits per heavy atom. The Morgan fingerprint density at radius 3 is 2.32 bits per heavy atom. The average molecular weight is 397 g/mol. The summed E-state index contributed by atoms with van der Waals surface area (Å²) in [4.78, 5) is 25.5. The van der Waals surface area contributed by atoms with Crippen LogP contribution in [0.5, 0.6) is 5.75 Å². The molecule has 0 aliphatic rings. The van der Waals surface area contributed by atoms with Gasteiger partial charge in [0.25, 0.3) is 0 Å². The topological polar surface area (TPSA) is 108 Å². The van der Waals surface area contributed by atoms with Gasteiger partial charge in [-0.05, 0) is 43.7 Å². The van der Waals surface area contributed by atoms with Crippen LogP contribution in [-0.4, -0.2) is 29.8 Å². The molecule has 2 rings (SSSR count). The molecule has 0 radical (unpaired) electrons. The fourth-order valence-electron chi connectivity index (χ4n) is 2.02. The number of carbonyl (C=O) groups is 2. The van der Waals surface area contributed by atoms with E-state index in [0.717, 1.165) is 18.9 Å². The Kier molecular flexibility index (Phi) is 10.3. The number of unbranched alkanes of at least 4 members (excludes halogenated alkanes) is 2. The third-order valence-corrected chi connectivity index (χ3v) is 3.49. The zero-order chi connectivity index (χ0) is 20.9. The fourth-order valence-corrected chi connectivity index (χ4v) is 2.02. The number of nitrogens with zero attached hydrogens (tertiary/aromatic N) is 1. The highest BCUT2D eigenvalue weighted by atomic mass is 19.2. The Hall–Kier alpha value is -2.94. The Balaban J connectivity index is 0.000000362. The van der Waals surface area contributed by atoms with Gasteiger partial charge in [-0.1, -0.05) is 6.42 Å². The van der Waals surface area contributed by atoms with Gasteiger partial charge < -0.3 is 16.2 Å². The molecule has 0 fully saturated rings. The monoisotopic (exact) mass is 397 g/mol. The summed E-state index contributed by atoms with van der Waals surface area (Å²) in [5, 5.41) is 0. The highest BCUT2D eigenvalue weighted by molar-refractivity contribution is 5.92. The van der Waals surface area contributed by atoms with Crippen molar-refractivity contribution in [1.29, 1.82) is 0 Å². The van der Waals surface area contributed by atoms with E-state index >= 15 is 0 Å². The van der Waals surface area contributed by atoms with Gasteiger partial charge in [0, 0.05) is 18.8 Å². The van der Waals surface area contributed by atoms with E-state index in [2.05, 4.69) is 4.98 Å². The van der Waals surface area contributed by atoms with Crippen LogP contribution in [0.15, 0.2) is 36.7 Å². The molecule has 0 atom stereocenters. The van der Waals surface area contributed by atoms with Gasteiger partial charge in [0.05, 0.1) is 5.56 Å². The Labute approximate surface area is 160 Å². The molecule has 1 aromatic heterocycles. The van der Waals surface area contributed by atoms with E-state index in [4.69, 9.17) is 16.2 Å². The van der Waals surface area contributed by atoms with Crippen LogP contribution in [0.4, 0.5) is 13.2 Å². The maximum absolute atomic E-state index is 13.2. The van der Waals surface area contributed by atoms with Gasteiger partial charge in [-0.15, -0.1) is 0 Å². The van der Waals surface area contributed by atoms with Gasteiger partial charge in [-0.25, -0.2) is 8.78 Å². The van der Waals surface area contributed by atoms with Gasteiger partial charge >= 0.3 is 0 Å². The number of ether oxygens (including phenoxy) is 1. The van der Waals surface area contributed by atoms with Crippen LogP contribution in [0.1, 0.15) is 36.0 Å². The number of hydrogen-bond donors (Lipinski definition) is 2. The maximum atomic E-state index is 13.2. The van der Waals surface area contributed by atoms with Crippen LogP contribution in [0.3, 0.4) is 0 Å². The molecule has 0 aliphatic heterocycles. The van der Waals surface area contributed by atoms with Gasteiger partial charge in [-0.3, -0.25) is 14.6 Å². The van der Waals surface area contributed by atoms with Crippen LogP contribution < -0.4 is 16.2 Å². The van der Waals surface area contributed by atoms with Crippen molar-refractivity contribution in [3.63, 3.8) is 0 Å². The molecule has 0 bridgehead atoms. The van der Waals surface area contributed by atoms with Gasteiger partial charge in [0.1, 0.15) is 6.61 Å². The summed E-state index contributed by atoms with van der Waals surface area (Å²) >= 11 is 0. The normalized spacial score (nSPS) is 10.0. The highest BCUT2D eigenvalue weighted by Gasteiger charge is 2.16. The molecule has 152 valence electrons. The van der Waals surface area contributed by atoms with Crippen molar-refractivity contribution in [2.24, 2.45) is 11.5 Å². The second-order valence-corrected chi connectivity index (χ2v) is 5.70. The van der Waals surface area contributed by atoms with Crippen molar-refractivity contribution in [3.8, 4) is 5.75 Å². The average Bonchev–Trinajstić information content (AvgIpc) is 2.69. The summed E-state index contributed by atoms with van der Waals surface area (Å²) in [7, 11) is 0. The molecular weight excluding hydrogens is 375 g/mol. The molecule has 1 aromatic carbocycles. The van der Waals surface area contributed by atoms with Gasteiger partial charge in [-0.2, -0.15) is 4.39 Å². The molecule has 1 heterocycles. The number of pyridine rings is 1. The minimum absolute atomic E-state index is 0.249. The van der Waals surface area contributed by atoms with E-state index < -0.39 is 35.7 Å². The highest BCUT2D eigenvalue weighted by Crippen LogP contribution is 2.23. The summed E-state index contributed by atoms with van der Waals surface area (Å²) < 4.78 is 43.9. The van der Waals surface area contributed by atoms with E-state index in [1.54, 1.807) is 18.3 Å². The summed E-state index contributed by atoms with van der Waals surface area (Å²) in [6.07, 6.45) is 5.55. The summed E-state index contributed by atoms with van der Waals surface area (Å²) in [5.74, 6) is -5.25. The summed E-state index contributed by atoms with van der Waals surface area (Å²) in [5.41, 5.74) is 10.7. The van der Waals surface area contributed by atoms with E-state index in [-0.39, 0.29) is 12.2 Å². The van der Waals surface area contributed by atoms with Gasteiger partial charge in [0.15, 0.2) is 23.2 Å². The molecule has 0 spiro atoms. The van der Waals surface area contributed by atoms with Crippen LogP contribution in [0.2, 0.25) is 0 Å². The fraction of sp³-hybridized carbons (Fsp3) is 0.316. The largest absolute Gasteiger partial charge is 0.480 e. The number of rotatable bonds is 9. The lowest BCUT2D eigenvalue weighted by atomic mass is 10.1. The summed E-state index contributed by atoms with van der Waals surface area (Å²) in [6.45, 7) is 0.0876. The number of benzene rings is 1. The number of hydrogen-bond acceptors (Lipinski definition) is 5. The number of halogens is 3. The standard InChI is InChI=1S/C13H16F3NO2.C6H6N2O/c14-10-5-6-11(15)13(12(10)16)19-8-9(18)4-2-1-3-7-17;7-6(9)5-2-1-3-8-4-5/h5-6H,1-4,7-8,17H2;1-4H,(H2,7,9). The smallest absolute Gasteiger partial charge is 0.250 e. The number of aromatic nitrogens is 1. The molecule has 4 N–H and O–H groups in total. The first-order valence-electron chi connectivity index (χ1n) is 8.54. The van der Waals surface area contributed by atoms with E-state index in [1.165, 1.54) is 6.20 Å². The molecule has 9 heteroatoms. The van der Waals surface area contributed by atoms with Gasteiger partial charge in [0.2, 0.25) is 11.7 Å². The van der Waals surface area contributed by atoms with Crippen molar-refractivity contribution in [3.05, 3.63) is 59.7 Å². The lowest BCUT2D eigenvalue weighted by molar-refractivity contribution is -0.121. The van der Waals surface area contributed by atoms with Crippen LogP contribution in [0.25, 0.3) is 0 Å². The summed E-state index contributed by atoms with van der Waals surface area (Å²) in [6, 6.07) is 4.70. The zero-order valence-corrected chi connectivity index (χ0v) is 15.2. The van der Waals surface area contributed by atoms with Crippen molar-refractivity contribution < 1.29 is 27.5 Å². The first kappa shape index (κ1) is 23.1. The van der Waals surface area contributed by atoms with Crippen molar-refractivity contribution >= 4 is 11.7 Å². The number of primary amides is 1. The quantitative estimate of drug-likeness (QED) is 0.500. The number of nitrogens with two attached hydrogens (primary N) is 2. The lowest BCUT2D eigenvalue weighted by Gasteiger charge is -2.08. The Bertz CT molecular complexity index is 774. The van der Waals surface area contributed by atoms with Crippen molar-refractivity contribution in [1.82, 2.24) is 4.98 Å². The second-order valence-electron chi connectivity index (χ2n) is 5.70. The molecule has 2 aromatic rings. The van der Waals surface area contributed by atoms with E-state index in [9.17, 15) is 22.8 Å². The minimum Gasteiger partial charge on any atom is -0.480 e.